The first-order chi connectivity index (χ1) is 11.1. The SMILES string of the molecule is NC(=O)COc1ccccc1C(=O)Nc1ccnc2ccnn12. The molecule has 0 aliphatic carbocycles. The summed E-state index contributed by atoms with van der Waals surface area (Å²) in [4.78, 5) is 27.4. The van der Waals surface area contributed by atoms with Gasteiger partial charge >= 0.3 is 0 Å². The van der Waals surface area contributed by atoms with Gasteiger partial charge in [-0.1, -0.05) is 12.1 Å². The normalized spacial score (nSPS) is 10.4. The van der Waals surface area contributed by atoms with E-state index in [0.29, 0.717) is 11.5 Å². The summed E-state index contributed by atoms with van der Waals surface area (Å²) in [5.74, 6) is -0.273. The molecule has 0 atom stereocenters. The monoisotopic (exact) mass is 311 g/mol. The van der Waals surface area contributed by atoms with Crippen LogP contribution in [-0.2, 0) is 4.79 Å². The third-order valence-electron chi connectivity index (χ3n) is 3.03. The number of anilines is 1. The predicted octanol–water partition coefficient (Wildman–Crippen LogP) is 0.846. The Morgan fingerprint density at radius 1 is 1.17 bits per heavy atom. The fourth-order valence-corrected chi connectivity index (χ4v) is 2.04. The smallest absolute Gasteiger partial charge is 0.260 e. The number of rotatable bonds is 5. The van der Waals surface area contributed by atoms with Gasteiger partial charge in [-0.3, -0.25) is 9.59 Å². The van der Waals surface area contributed by atoms with Crippen molar-refractivity contribution in [1.82, 2.24) is 14.6 Å². The van der Waals surface area contributed by atoms with E-state index in [1.807, 2.05) is 0 Å². The predicted molar refractivity (Wildman–Crippen MR) is 82.1 cm³/mol. The minimum absolute atomic E-state index is 0.273. The van der Waals surface area contributed by atoms with Gasteiger partial charge < -0.3 is 15.8 Å². The van der Waals surface area contributed by atoms with Gasteiger partial charge in [0.15, 0.2) is 12.3 Å². The molecule has 3 aromatic rings. The van der Waals surface area contributed by atoms with Crippen LogP contribution >= 0.6 is 0 Å². The summed E-state index contributed by atoms with van der Waals surface area (Å²) in [5, 5.41) is 6.84. The van der Waals surface area contributed by atoms with E-state index in [2.05, 4.69) is 15.4 Å². The van der Waals surface area contributed by atoms with Crippen LogP contribution in [0.2, 0.25) is 0 Å². The molecule has 0 saturated heterocycles. The van der Waals surface area contributed by atoms with Crippen molar-refractivity contribution in [3.8, 4) is 5.75 Å². The molecule has 0 aliphatic heterocycles. The molecule has 3 N–H and O–H groups in total. The van der Waals surface area contributed by atoms with Crippen molar-refractivity contribution < 1.29 is 14.3 Å². The Labute approximate surface area is 130 Å². The molecule has 8 heteroatoms. The second-order valence-electron chi connectivity index (χ2n) is 4.64. The lowest BCUT2D eigenvalue weighted by atomic mass is 10.2. The number of nitrogens with two attached hydrogens (primary N) is 1. The van der Waals surface area contributed by atoms with Crippen molar-refractivity contribution >= 4 is 23.3 Å². The number of hydrogen-bond acceptors (Lipinski definition) is 5. The molecule has 0 saturated carbocycles. The van der Waals surface area contributed by atoms with E-state index >= 15 is 0 Å². The number of amides is 2. The summed E-state index contributed by atoms with van der Waals surface area (Å²) < 4.78 is 6.76. The van der Waals surface area contributed by atoms with E-state index in [0.717, 1.165) is 0 Å². The van der Waals surface area contributed by atoms with Crippen LogP contribution < -0.4 is 15.8 Å². The highest BCUT2D eigenvalue weighted by atomic mass is 16.5. The molecule has 0 radical (unpaired) electrons. The lowest BCUT2D eigenvalue weighted by Crippen LogP contribution is -2.22. The number of nitrogens with one attached hydrogen (secondary N) is 1. The zero-order valence-corrected chi connectivity index (χ0v) is 12.0. The maximum Gasteiger partial charge on any atom is 0.260 e. The Kier molecular flexibility index (Phi) is 3.88. The maximum atomic E-state index is 12.5. The van der Waals surface area contributed by atoms with Gasteiger partial charge in [0, 0.05) is 12.3 Å². The average molecular weight is 311 g/mol. The summed E-state index contributed by atoms with van der Waals surface area (Å²) in [6, 6.07) is 9.93. The zero-order chi connectivity index (χ0) is 16.2. The van der Waals surface area contributed by atoms with Crippen LogP contribution in [0, 0.1) is 0 Å². The van der Waals surface area contributed by atoms with Crippen molar-refractivity contribution in [1.29, 1.82) is 0 Å². The highest BCUT2D eigenvalue weighted by Gasteiger charge is 2.14. The van der Waals surface area contributed by atoms with Crippen molar-refractivity contribution in [3.63, 3.8) is 0 Å². The molecule has 0 unspecified atom stereocenters. The summed E-state index contributed by atoms with van der Waals surface area (Å²) in [6.07, 6.45) is 3.16. The van der Waals surface area contributed by atoms with Gasteiger partial charge in [0.2, 0.25) is 0 Å². The van der Waals surface area contributed by atoms with Gasteiger partial charge in [0.25, 0.3) is 11.8 Å². The number of para-hydroxylation sites is 1. The van der Waals surface area contributed by atoms with Crippen molar-refractivity contribution in [2.24, 2.45) is 5.73 Å². The van der Waals surface area contributed by atoms with Crippen molar-refractivity contribution in [2.75, 3.05) is 11.9 Å². The average Bonchev–Trinajstić information content (AvgIpc) is 3.03. The number of carbonyl (C=O) groups is 2. The van der Waals surface area contributed by atoms with Gasteiger partial charge in [0.1, 0.15) is 11.6 Å². The number of carbonyl (C=O) groups excluding carboxylic acids is 2. The van der Waals surface area contributed by atoms with E-state index in [9.17, 15) is 9.59 Å². The van der Waals surface area contributed by atoms with Gasteiger partial charge in [0.05, 0.1) is 11.8 Å². The van der Waals surface area contributed by atoms with E-state index in [1.165, 1.54) is 4.52 Å². The molecule has 23 heavy (non-hydrogen) atoms. The Bertz CT molecular complexity index is 874. The summed E-state index contributed by atoms with van der Waals surface area (Å²) in [5.41, 5.74) is 5.95. The maximum absolute atomic E-state index is 12.5. The van der Waals surface area contributed by atoms with Crippen LogP contribution in [0.3, 0.4) is 0 Å². The van der Waals surface area contributed by atoms with E-state index in [4.69, 9.17) is 10.5 Å². The Morgan fingerprint density at radius 3 is 2.83 bits per heavy atom. The third-order valence-corrected chi connectivity index (χ3v) is 3.03. The Hall–Kier alpha value is -3.42. The van der Waals surface area contributed by atoms with E-state index in [1.54, 1.807) is 48.8 Å². The molecule has 2 aromatic heterocycles. The second kappa shape index (κ2) is 6.14. The van der Waals surface area contributed by atoms with E-state index < -0.39 is 11.8 Å². The summed E-state index contributed by atoms with van der Waals surface area (Å²) in [7, 11) is 0. The topological polar surface area (TPSA) is 112 Å². The minimum atomic E-state index is -0.618. The number of fused-ring (bicyclic) bond motifs is 1. The fourth-order valence-electron chi connectivity index (χ4n) is 2.04. The highest BCUT2D eigenvalue weighted by Crippen LogP contribution is 2.19. The standard InChI is InChI=1S/C15H13N5O3/c16-12(21)9-23-11-4-2-1-3-10(11)15(22)19-14-5-7-17-13-6-8-18-20(13)14/h1-8H,9H2,(H2,16,21)(H,19,22). The molecular weight excluding hydrogens is 298 g/mol. The second-order valence-corrected chi connectivity index (χ2v) is 4.64. The molecule has 2 amide bonds. The van der Waals surface area contributed by atoms with Gasteiger partial charge in [-0.2, -0.15) is 9.61 Å². The van der Waals surface area contributed by atoms with Gasteiger partial charge in [-0.25, -0.2) is 4.98 Å². The molecule has 1 aromatic carbocycles. The molecule has 0 fully saturated rings. The van der Waals surface area contributed by atoms with Crippen molar-refractivity contribution in [2.45, 2.75) is 0 Å². The quantitative estimate of drug-likeness (QED) is 0.725. The van der Waals surface area contributed by atoms with Gasteiger partial charge in [-0.05, 0) is 18.2 Å². The summed E-state index contributed by atoms with van der Waals surface area (Å²) in [6.45, 7) is -0.303. The summed E-state index contributed by atoms with van der Waals surface area (Å²) >= 11 is 0. The first-order valence-electron chi connectivity index (χ1n) is 6.75. The lowest BCUT2D eigenvalue weighted by Gasteiger charge is -2.11. The van der Waals surface area contributed by atoms with Crippen LogP contribution in [0.15, 0.2) is 48.8 Å². The largest absolute Gasteiger partial charge is 0.483 e. The van der Waals surface area contributed by atoms with Crippen LogP contribution in [-0.4, -0.2) is 33.0 Å². The van der Waals surface area contributed by atoms with Crippen LogP contribution in [0.4, 0.5) is 5.82 Å². The van der Waals surface area contributed by atoms with E-state index in [-0.39, 0.29) is 17.9 Å². The molecule has 0 spiro atoms. The van der Waals surface area contributed by atoms with Crippen LogP contribution in [0.25, 0.3) is 5.65 Å². The fraction of sp³-hybridized carbons (Fsp3) is 0.0667. The molecular formula is C15H13N5O3. The van der Waals surface area contributed by atoms with Crippen LogP contribution in [0.5, 0.6) is 5.75 Å². The highest BCUT2D eigenvalue weighted by molar-refractivity contribution is 6.05. The molecule has 2 heterocycles. The molecule has 116 valence electrons. The Morgan fingerprint density at radius 2 is 2.00 bits per heavy atom. The lowest BCUT2D eigenvalue weighted by molar-refractivity contribution is -0.119. The first-order valence-corrected chi connectivity index (χ1v) is 6.75. The minimum Gasteiger partial charge on any atom is -0.483 e. The number of primary amides is 1. The number of hydrogen-bond donors (Lipinski definition) is 2. The number of benzene rings is 1. The van der Waals surface area contributed by atoms with Crippen molar-refractivity contribution in [3.05, 3.63) is 54.4 Å². The first kappa shape index (κ1) is 14.5. The van der Waals surface area contributed by atoms with Gasteiger partial charge in [-0.15, -0.1) is 0 Å². The molecule has 3 rings (SSSR count). The number of nitrogens with zero attached hydrogens (tertiary/aromatic N) is 3. The Balaban J connectivity index is 1.86. The molecule has 8 nitrogen and oxygen atoms in total. The zero-order valence-electron chi connectivity index (χ0n) is 12.0. The van der Waals surface area contributed by atoms with Crippen LogP contribution in [0.1, 0.15) is 10.4 Å². The number of aromatic nitrogens is 3. The third kappa shape index (κ3) is 3.10. The molecule has 0 bridgehead atoms. The number of ether oxygens (including phenoxy) is 1. The molecule has 0 aliphatic rings.